The molecule has 0 fully saturated rings. The Bertz CT molecular complexity index is 174. The average Bonchev–Trinajstić information content (AvgIpc) is 2.10. The van der Waals surface area contributed by atoms with Gasteiger partial charge in [0.25, 0.3) is 0 Å². The van der Waals surface area contributed by atoms with E-state index in [1.807, 2.05) is 0 Å². The third-order valence-corrected chi connectivity index (χ3v) is 2.42. The topological polar surface area (TPSA) is 0 Å². The van der Waals surface area contributed by atoms with E-state index in [1.165, 1.54) is 56.1 Å². The van der Waals surface area contributed by atoms with Crippen LogP contribution in [0.15, 0.2) is 23.8 Å². The number of allylic oxidation sites excluding steroid dienone is 3. The Morgan fingerprint density at radius 3 is 2.14 bits per heavy atom. The largest absolute Gasteiger partial charge is 0.0961 e. The third-order valence-electron chi connectivity index (χ3n) is 2.42. The van der Waals surface area contributed by atoms with Crippen molar-refractivity contribution in [2.24, 2.45) is 0 Å². The lowest BCUT2D eigenvalue weighted by molar-refractivity contribution is 0.606. The molecule has 0 nitrogen and oxygen atoms in total. The lowest BCUT2D eigenvalue weighted by atomic mass is 10.0. The van der Waals surface area contributed by atoms with E-state index in [1.54, 1.807) is 0 Å². The second-order valence-electron chi connectivity index (χ2n) is 4.35. The van der Waals surface area contributed by atoms with E-state index < -0.39 is 0 Å². The van der Waals surface area contributed by atoms with Gasteiger partial charge in [-0.15, -0.1) is 0 Å². The summed E-state index contributed by atoms with van der Waals surface area (Å²) in [5.41, 5.74) is 2.65. The Kier molecular flexibility index (Phi) is 8.72. The molecule has 0 aliphatic heterocycles. The van der Waals surface area contributed by atoms with Crippen molar-refractivity contribution in [2.45, 2.75) is 65.7 Å². The highest BCUT2D eigenvalue weighted by molar-refractivity contribution is 5.16. The van der Waals surface area contributed by atoms with Crippen LogP contribution >= 0.6 is 0 Å². The Morgan fingerprint density at radius 1 is 1.00 bits per heavy atom. The summed E-state index contributed by atoms with van der Waals surface area (Å²) >= 11 is 0. The molecule has 0 amide bonds. The molecule has 0 aromatic heterocycles. The third kappa shape index (κ3) is 9.57. The van der Waals surface area contributed by atoms with Gasteiger partial charge in [-0.25, -0.2) is 0 Å². The lowest BCUT2D eigenvalue weighted by Crippen LogP contribution is -1.82. The Labute approximate surface area is 90.1 Å². The van der Waals surface area contributed by atoms with E-state index in [2.05, 4.69) is 33.4 Å². The van der Waals surface area contributed by atoms with Crippen molar-refractivity contribution in [3.8, 4) is 0 Å². The quantitative estimate of drug-likeness (QED) is 0.365. The standard InChI is InChI=1S/C14H26/c1-5-6-7-8-9-10-11-14(4)12-13(2)3/h12H,2,5-11H2,1,3-4H3/b14-12+. The molecule has 14 heavy (non-hydrogen) atoms. The van der Waals surface area contributed by atoms with E-state index in [4.69, 9.17) is 0 Å². The monoisotopic (exact) mass is 194 g/mol. The lowest BCUT2D eigenvalue weighted by Gasteiger charge is -2.02. The minimum Gasteiger partial charge on any atom is -0.0961 e. The van der Waals surface area contributed by atoms with Gasteiger partial charge in [0.05, 0.1) is 0 Å². The van der Waals surface area contributed by atoms with Crippen molar-refractivity contribution >= 4 is 0 Å². The van der Waals surface area contributed by atoms with E-state index in [-0.39, 0.29) is 0 Å². The van der Waals surface area contributed by atoms with E-state index >= 15 is 0 Å². The van der Waals surface area contributed by atoms with Crippen LogP contribution < -0.4 is 0 Å². The molecule has 0 N–H and O–H groups in total. The van der Waals surface area contributed by atoms with Crippen molar-refractivity contribution in [2.75, 3.05) is 0 Å². The van der Waals surface area contributed by atoms with Crippen LogP contribution in [0.4, 0.5) is 0 Å². The Morgan fingerprint density at radius 2 is 1.57 bits per heavy atom. The predicted octanol–water partition coefficient (Wildman–Crippen LogP) is 5.26. The molecule has 0 saturated heterocycles. The highest BCUT2D eigenvalue weighted by Gasteiger charge is 1.92. The summed E-state index contributed by atoms with van der Waals surface area (Å²) < 4.78 is 0. The van der Waals surface area contributed by atoms with Crippen LogP contribution in [-0.2, 0) is 0 Å². The van der Waals surface area contributed by atoms with Gasteiger partial charge in [-0.2, -0.15) is 0 Å². The fourth-order valence-corrected chi connectivity index (χ4v) is 1.68. The predicted molar refractivity (Wildman–Crippen MR) is 66.6 cm³/mol. The maximum Gasteiger partial charge on any atom is -0.0320 e. The molecular formula is C14H26. The summed E-state index contributed by atoms with van der Waals surface area (Å²) in [5, 5.41) is 0. The van der Waals surface area contributed by atoms with Crippen LogP contribution in [0, 0.1) is 0 Å². The van der Waals surface area contributed by atoms with Gasteiger partial charge in [0.1, 0.15) is 0 Å². The molecule has 82 valence electrons. The molecule has 0 heterocycles. The van der Waals surface area contributed by atoms with Crippen molar-refractivity contribution < 1.29 is 0 Å². The van der Waals surface area contributed by atoms with Gasteiger partial charge in [0, 0.05) is 0 Å². The highest BCUT2D eigenvalue weighted by Crippen LogP contribution is 2.12. The number of unbranched alkanes of at least 4 members (excludes halogenated alkanes) is 5. The van der Waals surface area contributed by atoms with Crippen molar-refractivity contribution in [3.05, 3.63) is 23.8 Å². The van der Waals surface area contributed by atoms with Gasteiger partial charge < -0.3 is 0 Å². The minimum atomic E-state index is 1.17. The zero-order valence-electron chi connectivity index (χ0n) is 10.2. The summed E-state index contributed by atoms with van der Waals surface area (Å²) in [7, 11) is 0. The van der Waals surface area contributed by atoms with Gasteiger partial charge >= 0.3 is 0 Å². The first-order valence-corrected chi connectivity index (χ1v) is 5.99. The zero-order valence-corrected chi connectivity index (χ0v) is 10.2. The summed E-state index contributed by atoms with van der Waals surface area (Å²) in [6.07, 6.45) is 11.8. The molecule has 0 aliphatic carbocycles. The van der Waals surface area contributed by atoms with E-state index in [9.17, 15) is 0 Å². The molecule has 0 radical (unpaired) electrons. The Hall–Kier alpha value is -0.520. The van der Waals surface area contributed by atoms with Crippen LogP contribution in [0.2, 0.25) is 0 Å². The zero-order chi connectivity index (χ0) is 10.8. The van der Waals surface area contributed by atoms with Gasteiger partial charge in [-0.05, 0) is 26.7 Å². The molecule has 0 rings (SSSR count). The maximum atomic E-state index is 3.89. The summed E-state index contributed by atoms with van der Waals surface area (Å²) in [4.78, 5) is 0. The fraction of sp³-hybridized carbons (Fsp3) is 0.714. The molecule has 0 aromatic carbocycles. The van der Waals surface area contributed by atoms with Crippen molar-refractivity contribution in [1.82, 2.24) is 0 Å². The average molecular weight is 194 g/mol. The molecule has 0 aliphatic rings. The summed E-state index contributed by atoms with van der Waals surface area (Å²) in [6, 6.07) is 0. The normalized spacial score (nSPS) is 11.8. The van der Waals surface area contributed by atoms with Crippen LogP contribution in [0.3, 0.4) is 0 Å². The number of rotatable bonds is 8. The fourth-order valence-electron chi connectivity index (χ4n) is 1.68. The second kappa shape index (κ2) is 9.05. The molecule has 0 heteroatoms. The molecular weight excluding hydrogens is 168 g/mol. The number of hydrogen-bond acceptors (Lipinski definition) is 0. The van der Waals surface area contributed by atoms with Crippen LogP contribution in [0.25, 0.3) is 0 Å². The molecule has 0 aromatic rings. The molecule has 0 unspecified atom stereocenters. The van der Waals surface area contributed by atoms with Gasteiger partial charge in [-0.1, -0.05) is 62.8 Å². The first-order chi connectivity index (χ1) is 6.66. The SMILES string of the molecule is C=C(C)/C=C(\C)CCCCCCCC. The van der Waals surface area contributed by atoms with Gasteiger partial charge in [0.15, 0.2) is 0 Å². The van der Waals surface area contributed by atoms with Crippen molar-refractivity contribution in [1.29, 1.82) is 0 Å². The van der Waals surface area contributed by atoms with Crippen LogP contribution in [0.5, 0.6) is 0 Å². The second-order valence-corrected chi connectivity index (χ2v) is 4.35. The van der Waals surface area contributed by atoms with Gasteiger partial charge in [-0.3, -0.25) is 0 Å². The summed E-state index contributed by atoms with van der Waals surface area (Å²) in [6.45, 7) is 10.4. The Balaban J connectivity index is 3.31. The van der Waals surface area contributed by atoms with E-state index in [0.717, 1.165) is 0 Å². The van der Waals surface area contributed by atoms with Crippen LogP contribution in [0.1, 0.15) is 65.7 Å². The van der Waals surface area contributed by atoms with E-state index in [0.29, 0.717) is 0 Å². The highest BCUT2D eigenvalue weighted by atomic mass is 14.0. The first-order valence-electron chi connectivity index (χ1n) is 5.99. The van der Waals surface area contributed by atoms with Gasteiger partial charge in [0.2, 0.25) is 0 Å². The maximum absolute atomic E-state index is 3.89. The molecule has 0 saturated carbocycles. The first kappa shape index (κ1) is 13.5. The van der Waals surface area contributed by atoms with Crippen molar-refractivity contribution in [3.63, 3.8) is 0 Å². The molecule has 0 atom stereocenters. The summed E-state index contributed by atoms with van der Waals surface area (Å²) in [5.74, 6) is 0. The molecule has 0 spiro atoms. The number of hydrogen-bond donors (Lipinski definition) is 0. The smallest absolute Gasteiger partial charge is 0.0320 e. The molecule has 0 bridgehead atoms. The van der Waals surface area contributed by atoms with Crippen LogP contribution in [-0.4, -0.2) is 0 Å². The minimum absolute atomic E-state index is 1.17.